The van der Waals surface area contributed by atoms with Gasteiger partial charge in [-0.3, -0.25) is 4.79 Å². The zero-order valence-electron chi connectivity index (χ0n) is 15.4. The lowest BCUT2D eigenvalue weighted by molar-refractivity contribution is -0.129. The van der Waals surface area contributed by atoms with Gasteiger partial charge in [-0.05, 0) is 34.1 Å². The summed E-state index contributed by atoms with van der Waals surface area (Å²) in [5.41, 5.74) is 4.42. The van der Waals surface area contributed by atoms with Crippen molar-refractivity contribution >= 4 is 44.5 Å². The molecule has 0 radical (unpaired) electrons. The Hall–Kier alpha value is -2.58. The Morgan fingerprint density at radius 3 is 2.90 bits per heavy atom. The minimum absolute atomic E-state index is 0.0755. The first-order chi connectivity index (χ1) is 14.2. The molecule has 0 spiro atoms. The van der Waals surface area contributed by atoms with Crippen LogP contribution in [0.25, 0.3) is 22.4 Å². The Morgan fingerprint density at radius 1 is 1.17 bits per heavy atom. The van der Waals surface area contributed by atoms with Crippen LogP contribution in [-0.4, -0.2) is 38.3 Å². The number of hydrogen-bond donors (Lipinski definition) is 1. The molecule has 1 N–H and O–H groups in total. The lowest BCUT2D eigenvalue weighted by Crippen LogP contribution is -2.36. The summed E-state index contributed by atoms with van der Waals surface area (Å²) in [5, 5.41) is 9.76. The summed E-state index contributed by atoms with van der Waals surface area (Å²) < 4.78 is 6.61. The van der Waals surface area contributed by atoms with E-state index in [9.17, 15) is 4.79 Å². The van der Waals surface area contributed by atoms with E-state index < -0.39 is 0 Å². The van der Waals surface area contributed by atoms with E-state index in [1.54, 1.807) is 0 Å². The van der Waals surface area contributed by atoms with Gasteiger partial charge < -0.3 is 14.3 Å². The highest BCUT2D eigenvalue weighted by atomic mass is 79.9. The number of halogens is 1. The predicted octanol–water partition coefficient (Wildman–Crippen LogP) is 4.66. The molecule has 0 aliphatic carbocycles. The van der Waals surface area contributed by atoms with Gasteiger partial charge in [-0.25, -0.2) is 0 Å². The van der Waals surface area contributed by atoms with Gasteiger partial charge in [-0.15, -0.1) is 10.2 Å². The van der Waals surface area contributed by atoms with Crippen molar-refractivity contribution in [3.05, 3.63) is 64.3 Å². The molecule has 29 heavy (non-hydrogen) atoms. The molecule has 1 aliphatic rings. The standard InChI is InChI=1S/C21H17BrN4O2S/c22-16-7-3-1-6-14(16)20-24-25-21(28-20)29-12-19(27)26-10-9-18-15(11-26)13-5-2-4-8-17(13)23-18/h1-8,23H,9-12H2. The summed E-state index contributed by atoms with van der Waals surface area (Å²) in [4.78, 5) is 18.1. The number of nitrogens with one attached hydrogen (secondary N) is 1. The SMILES string of the molecule is O=C(CSc1nnc(-c2ccccc2Br)o1)N1CCc2[nH]c3ccccc3c2C1. The van der Waals surface area contributed by atoms with Crippen LogP contribution in [0.4, 0.5) is 0 Å². The average Bonchev–Trinajstić information content (AvgIpc) is 3.36. The molecule has 2 aromatic carbocycles. The quantitative estimate of drug-likeness (QED) is 0.440. The smallest absolute Gasteiger partial charge is 0.277 e. The van der Waals surface area contributed by atoms with Crippen LogP contribution < -0.4 is 0 Å². The van der Waals surface area contributed by atoms with Gasteiger partial charge in [-0.1, -0.05) is 42.1 Å². The van der Waals surface area contributed by atoms with Gasteiger partial charge in [-0.2, -0.15) is 0 Å². The highest BCUT2D eigenvalue weighted by Gasteiger charge is 2.24. The van der Waals surface area contributed by atoms with Crippen molar-refractivity contribution in [2.45, 2.75) is 18.2 Å². The van der Waals surface area contributed by atoms with Crippen molar-refractivity contribution in [2.24, 2.45) is 0 Å². The number of fused-ring (bicyclic) bond motifs is 3. The molecular formula is C21H17BrN4O2S. The van der Waals surface area contributed by atoms with E-state index in [0.29, 0.717) is 24.2 Å². The molecule has 0 saturated carbocycles. The summed E-state index contributed by atoms with van der Waals surface area (Å²) >= 11 is 4.76. The van der Waals surface area contributed by atoms with Gasteiger partial charge in [0.05, 0.1) is 11.3 Å². The molecular weight excluding hydrogens is 452 g/mol. The summed E-state index contributed by atoms with van der Waals surface area (Å²) in [5.74, 6) is 0.787. The Morgan fingerprint density at radius 2 is 2.00 bits per heavy atom. The molecule has 1 aliphatic heterocycles. The van der Waals surface area contributed by atoms with Gasteiger partial charge in [0, 0.05) is 46.1 Å². The maximum Gasteiger partial charge on any atom is 0.277 e. The number of amides is 1. The van der Waals surface area contributed by atoms with Gasteiger partial charge in [0.25, 0.3) is 5.22 Å². The Bertz CT molecular complexity index is 1200. The summed E-state index contributed by atoms with van der Waals surface area (Å²) in [6, 6.07) is 15.9. The van der Waals surface area contributed by atoms with E-state index in [0.717, 1.165) is 22.0 Å². The molecule has 6 nitrogen and oxygen atoms in total. The second kappa shape index (κ2) is 7.68. The van der Waals surface area contributed by atoms with E-state index in [-0.39, 0.29) is 11.7 Å². The molecule has 3 heterocycles. The van der Waals surface area contributed by atoms with E-state index in [4.69, 9.17) is 4.42 Å². The lowest BCUT2D eigenvalue weighted by Gasteiger charge is -2.27. The topological polar surface area (TPSA) is 75.0 Å². The Kier molecular flexibility index (Phi) is 4.89. The van der Waals surface area contributed by atoms with Gasteiger partial charge in [0.2, 0.25) is 11.8 Å². The number of para-hydroxylation sites is 1. The number of aromatic nitrogens is 3. The summed E-state index contributed by atoms with van der Waals surface area (Å²) in [6.45, 7) is 1.34. The highest BCUT2D eigenvalue weighted by molar-refractivity contribution is 9.10. The molecule has 8 heteroatoms. The van der Waals surface area contributed by atoms with Crippen LogP contribution in [0.15, 0.2) is 62.6 Å². The van der Waals surface area contributed by atoms with E-state index in [1.165, 1.54) is 28.4 Å². The Balaban J connectivity index is 1.26. The number of aromatic amines is 1. The van der Waals surface area contributed by atoms with Gasteiger partial charge in [0.15, 0.2) is 0 Å². The van der Waals surface area contributed by atoms with Gasteiger partial charge >= 0.3 is 0 Å². The Labute approximate surface area is 179 Å². The first-order valence-corrected chi connectivity index (χ1v) is 11.0. The number of nitrogens with zero attached hydrogens (tertiary/aromatic N) is 3. The molecule has 0 fully saturated rings. The van der Waals surface area contributed by atoms with E-state index in [1.807, 2.05) is 41.3 Å². The van der Waals surface area contributed by atoms with Crippen LogP contribution in [0, 0.1) is 0 Å². The van der Waals surface area contributed by atoms with E-state index in [2.05, 4.69) is 43.2 Å². The number of rotatable bonds is 4. The number of benzene rings is 2. The maximum atomic E-state index is 12.8. The number of hydrogen-bond acceptors (Lipinski definition) is 5. The van der Waals surface area contributed by atoms with Crippen LogP contribution >= 0.6 is 27.7 Å². The first-order valence-electron chi connectivity index (χ1n) is 9.26. The number of H-pyrrole nitrogens is 1. The zero-order chi connectivity index (χ0) is 19.8. The molecule has 0 unspecified atom stereocenters. The molecule has 0 atom stereocenters. The van der Waals surface area contributed by atoms with Crippen molar-refractivity contribution in [3.8, 4) is 11.5 Å². The van der Waals surface area contributed by atoms with Gasteiger partial charge in [0.1, 0.15) is 0 Å². The van der Waals surface area contributed by atoms with Crippen LogP contribution in [0.1, 0.15) is 11.3 Å². The van der Waals surface area contributed by atoms with Crippen LogP contribution in [0.2, 0.25) is 0 Å². The van der Waals surface area contributed by atoms with Crippen LogP contribution in [-0.2, 0) is 17.8 Å². The van der Waals surface area contributed by atoms with Crippen molar-refractivity contribution in [2.75, 3.05) is 12.3 Å². The van der Waals surface area contributed by atoms with Crippen molar-refractivity contribution < 1.29 is 9.21 Å². The average molecular weight is 469 g/mol. The zero-order valence-corrected chi connectivity index (χ0v) is 17.8. The largest absolute Gasteiger partial charge is 0.411 e. The second-order valence-corrected chi connectivity index (χ2v) is 8.62. The van der Waals surface area contributed by atoms with Crippen molar-refractivity contribution in [3.63, 3.8) is 0 Å². The molecule has 1 amide bonds. The number of carbonyl (C=O) groups excluding carboxylic acids is 1. The summed E-state index contributed by atoms with van der Waals surface area (Å²) in [6.07, 6.45) is 0.840. The first kappa shape index (κ1) is 18.4. The third kappa shape index (κ3) is 3.58. The molecule has 146 valence electrons. The fourth-order valence-electron chi connectivity index (χ4n) is 3.61. The van der Waals surface area contributed by atoms with Crippen LogP contribution in [0.3, 0.4) is 0 Å². The van der Waals surface area contributed by atoms with Crippen LogP contribution in [0.5, 0.6) is 0 Å². The minimum Gasteiger partial charge on any atom is -0.411 e. The fraction of sp³-hybridized carbons (Fsp3) is 0.190. The minimum atomic E-state index is 0.0755. The fourth-order valence-corrected chi connectivity index (χ4v) is 4.73. The molecule has 2 aromatic heterocycles. The molecule has 0 saturated heterocycles. The third-order valence-electron chi connectivity index (χ3n) is 5.07. The second-order valence-electron chi connectivity index (χ2n) is 6.83. The summed E-state index contributed by atoms with van der Waals surface area (Å²) in [7, 11) is 0. The lowest BCUT2D eigenvalue weighted by atomic mass is 10.0. The van der Waals surface area contributed by atoms with Crippen molar-refractivity contribution in [1.82, 2.24) is 20.1 Å². The highest BCUT2D eigenvalue weighted by Crippen LogP contribution is 2.30. The monoisotopic (exact) mass is 468 g/mol. The number of thioether (sulfide) groups is 1. The maximum absolute atomic E-state index is 12.8. The predicted molar refractivity (Wildman–Crippen MR) is 116 cm³/mol. The molecule has 0 bridgehead atoms. The molecule has 4 aromatic rings. The van der Waals surface area contributed by atoms with Crippen molar-refractivity contribution in [1.29, 1.82) is 0 Å². The van der Waals surface area contributed by atoms with E-state index >= 15 is 0 Å². The normalized spacial score (nSPS) is 13.6. The number of carbonyl (C=O) groups is 1. The third-order valence-corrected chi connectivity index (χ3v) is 6.56. The molecule has 5 rings (SSSR count).